The molecule has 17 heavy (non-hydrogen) atoms. The van der Waals surface area contributed by atoms with Crippen LogP contribution in [0.1, 0.15) is 37.1 Å². The fourth-order valence-corrected chi connectivity index (χ4v) is 3.61. The van der Waals surface area contributed by atoms with Gasteiger partial charge in [-0.2, -0.15) is 0 Å². The molecule has 2 rings (SSSR count). The summed E-state index contributed by atoms with van der Waals surface area (Å²) in [6.45, 7) is 3.01. The van der Waals surface area contributed by atoms with E-state index in [1.807, 2.05) is 0 Å². The third-order valence-corrected chi connectivity index (χ3v) is 4.64. The smallest absolute Gasteiger partial charge is 0.0547 e. The minimum Gasteiger partial charge on any atom is -0.296 e. The van der Waals surface area contributed by atoms with Crippen molar-refractivity contribution in [3.05, 3.63) is 29.6 Å². The number of hydrogen-bond acceptors (Lipinski definition) is 2. The second-order valence-corrected chi connectivity index (χ2v) is 6.23. The van der Waals surface area contributed by atoms with Crippen LogP contribution in [0.4, 0.5) is 0 Å². The van der Waals surface area contributed by atoms with Crippen LogP contribution in [-0.2, 0) is 6.54 Å². The Morgan fingerprint density at radius 2 is 2.12 bits per heavy atom. The van der Waals surface area contributed by atoms with Crippen LogP contribution in [0, 0.1) is 6.92 Å². The van der Waals surface area contributed by atoms with Crippen molar-refractivity contribution in [1.29, 1.82) is 0 Å². The maximum Gasteiger partial charge on any atom is 0.0547 e. The lowest BCUT2D eigenvalue weighted by atomic mass is 9.94. The highest BCUT2D eigenvalue weighted by Crippen LogP contribution is 2.28. The van der Waals surface area contributed by atoms with E-state index >= 15 is 0 Å². The van der Waals surface area contributed by atoms with Crippen LogP contribution >= 0.6 is 15.9 Å². The van der Waals surface area contributed by atoms with Crippen molar-refractivity contribution in [2.75, 3.05) is 7.05 Å². The van der Waals surface area contributed by atoms with Crippen molar-refractivity contribution >= 4 is 15.9 Å². The van der Waals surface area contributed by atoms with Crippen LogP contribution in [0.25, 0.3) is 0 Å². The second kappa shape index (κ2) is 5.96. The molecular formula is C14H21BrN2. The molecule has 0 aliphatic heterocycles. The predicted molar refractivity (Wildman–Crippen MR) is 75.4 cm³/mol. The molecule has 0 N–H and O–H groups in total. The normalized spacial score (nSPS) is 25.2. The van der Waals surface area contributed by atoms with E-state index in [-0.39, 0.29) is 0 Å². The Hall–Kier alpha value is -0.410. The molecule has 0 saturated heterocycles. The van der Waals surface area contributed by atoms with Crippen molar-refractivity contribution in [2.24, 2.45) is 0 Å². The first-order valence-corrected chi connectivity index (χ1v) is 7.35. The summed E-state index contributed by atoms with van der Waals surface area (Å²) in [7, 11) is 2.22. The molecule has 1 heterocycles. The highest BCUT2D eigenvalue weighted by atomic mass is 79.9. The van der Waals surface area contributed by atoms with Gasteiger partial charge in [-0.15, -0.1) is 0 Å². The monoisotopic (exact) mass is 296 g/mol. The molecule has 94 valence electrons. The zero-order chi connectivity index (χ0) is 12.3. The number of hydrogen-bond donors (Lipinski definition) is 0. The van der Waals surface area contributed by atoms with Crippen LogP contribution in [0.3, 0.4) is 0 Å². The number of aryl methyl sites for hydroxylation is 1. The summed E-state index contributed by atoms with van der Waals surface area (Å²) in [5.41, 5.74) is 2.28. The number of pyridine rings is 1. The second-order valence-electron chi connectivity index (χ2n) is 5.05. The molecule has 0 bridgehead atoms. The Morgan fingerprint density at radius 1 is 1.35 bits per heavy atom. The molecule has 2 atom stereocenters. The van der Waals surface area contributed by atoms with Gasteiger partial charge >= 0.3 is 0 Å². The standard InChI is InChI=1S/C14H21BrN2/c1-11-6-5-7-12(16-11)10-17(2)14-9-4-3-8-13(14)15/h5-7,13-14H,3-4,8-10H2,1-2H3. The minimum atomic E-state index is 0.644. The van der Waals surface area contributed by atoms with Gasteiger partial charge in [-0.25, -0.2) is 0 Å². The zero-order valence-corrected chi connectivity index (χ0v) is 12.3. The fraction of sp³-hybridized carbons (Fsp3) is 0.643. The largest absolute Gasteiger partial charge is 0.296 e. The molecule has 3 heteroatoms. The minimum absolute atomic E-state index is 0.644. The van der Waals surface area contributed by atoms with Gasteiger partial charge in [0.1, 0.15) is 0 Å². The van der Waals surface area contributed by atoms with E-state index in [4.69, 9.17) is 0 Å². The third-order valence-electron chi connectivity index (χ3n) is 3.57. The number of rotatable bonds is 3. The van der Waals surface area contributed by atoms with Crippen molar-refractivity contribution in [3.63, 3.8) is 0 Å². The van der Waals surface area contributed by atoms with Crippen LogP contribution in [0.15, 0.2) is 18.2 Å². The summed E-state index contributed by atoms with van der Waals surface area (Å²) >= 11 is 3.82. The van der Waals surface area contributed by atoms with Crippen molar-refractivity contribution in [1.82, 2.24) is 9.88 Å². The van der Waals surface area contributed by atoms with Gasteiger partial charge in [-0.1, -0.05) is 34.8 Å². The summed E-state index contributed by atoms with van der Waals surface area (Å²) < 4.78 is 0. The molecule has 1 aromatic rings. The van der Waals surface area contributed by atoms with Crippen LogP contribution in [0.2, 0.25) is 0 Å². The molecule has 1 aliphatic rings. The molecule has 1 aliphatic carbocycles. The van der Waals surface area contributed by atoms with E-state index in [1.165, 1.54) is 31.4 Å². The Kier molecular flexibility index (Phi) is 4.57. The maximum absolute atomic E-state index is 4.58. The average Bonchev–Trinajstić information content (AvgIpc) is 2.29. The van der Waals surface area contributed by atoms with Crippen LogP contribution in [-0.4, -0.2) is 27.8 Å². The first-order chi connectivity index (χ1) is 8.16. The van der Waals surface area contributed by atoms with Gasteiger partial charge in [0.25, 0.3) is 0 Å². The summed E-state index contributed by atoms with van der Waals surface area (Å²) in [5, 5.41) is 0. The highest BCUT2D eigenvalue weighted by molar-refractivity contribution is 9.09. The van der Waals surface area contributed by atoms with Gasteiger partial charge in [-0.05, 0) is 38.9 Å². The first-order valence-electron chi connectivity index (χ1n) is 6.43. The predicted octanol–water partition coefficient (Wildman–Crippen LogP) is 3.53. The summed E-state index contributed by atoms with van der Waals surface area (Å²) in [6.07, 6.45) is 5.33. The van der Waals surface area contributed by atoms with Gasteiger partial charge in [0, 0.05) is 23.1 Å². The van der Waals surface area contributed by atoms with Crippen molar-refractivity contribution in [3.8, 4) is 0 Å². The van der Waals surface area contributed by atoms with Crippen LogP contribution < -0.4 is 0 Å². The quantitative estimate of drug-likeness (QED) is 0.794. The van der Waals surface area contributed by atoms with Gasteiger partial charge in [0.05, 0.1) is 5.69 Å². The third kappa shape index (κ3) is 3.52. The highest BCUT2D eigenvalue weighted by Gasteiger charge is 2.26. The van der Waals surface area contributed by atoms with Gasteiger partial charge in [-0.3, -0.25) is 9.88 Å². The van der Waals surface area contributed by atoms with E-state index in [1.54, 1.807) is 0 Å². The molecule has 2 unspecified atom stereocenters. The molecule has 1 aromatic heterocycles. The molecule has 0 aromatic carbocycles. The van der Waals surface area contributed by atoms with Crippen molar-refractivity contribution < 1.29 is 0 Å². The number of nitrogens with zero attached hydrogens (tertiary/aromatic N) is 2. The van der Waals surface area contributed by atoms with E-state index in [2.05, 4.69) is 58.0 Å². The Labute approximate surface area is 113 Å². The molecule has 2 nitrogen and oxygen atoms in total. The lowest BCUT2D eigenvalue weighted by Crippen LogP contribution is -2.40. The Morgan fingerprint density at radius 3 is 2.82 bits per heavy atom. The van der Waals surface area contributed by atoms with Crippen molar-refractivity contribution in [2.45, 2.75) is 50.0 Å². The molecule has 1 fully saturated rings. The molecule has 0 spiro atoms. The topological polar surface area (TPSA) is 16.1 Å². The summed E-state index contributed by atoms with van der Waals surface area (Å²) in [4.78, 5) is 7.67. The van der Waals surface area contributed by atoms with Crippen LogP contribution in [0.5, 0.6) is 0 Å². The summed E-state index contributed by atoms with van der Waals surface area (Å²) in [6, 6.07) is 6.93. The van der Waals surface area contributed by atoms with E-state index in [0.717, 1.165) is 12.2 Å². The average molecular weight is 297 g/mol. The van der Waals surface area contributed by atoms with E-state index in [0.29, 0.717) is 10.9 Å². The zero-order valence-electron chi connectivity index (χ0n) is 10.7. The molecular weight excluding hydrogens is 276 g/mol. The molecule has 1 saturated carbocycles. The fourth-order valence-electron chi connectivity index (χ4n) is 2.62. The lowest BCUT2D eigenvalue weighted by Gasteiger charge is -2.35. The molecule has 0 radical (unpaired) electrons. The van der Waals surface area contributed by atoms with Gasteiger partial charge in [0.2, 0.25) is 0 Å². The Balaban J connectivity index is 1.98. The van der Waals surface area contributed by atoms with E-state index in [9.17, 15) is 0 Å². The van der Waals surface area contributed by atoms with Gasteiger partial charge in [0.15, 0.2) is 0 Å². The van der Waals surface area contributed by atoms with Gasteiger partial charge < -0.3 is 0 Å². The van der Waals surface area contributed by atoms with E-state index < -0.39 is 0 Å². The molecule has 0 amide bonds. The summed E-state index contributed by atoms with van der Waals surface area (Å²) in [5.74, 6) is 0. The number of alkyl halides is 1. The number of aromatic nitrogens is 1. The first kappa shape index (κ1) is 13.0. The SMILES string of the molecule is Cc1cccc(CN(C)C2CCCCC2Br)n1. The number of halogens is 1. The lowest BCUT2D eigenvalue weighted by molar-refractivity contribution is 0.191. The maximum atomic E-state index is 4.58. The Bertz CT molecular complexity index is 367.